The maximum absolute atomic E-state index is 12.2. The molecule has 1 aromatic rings. The standard InChI is InChI=1S/C13H19NO4S/c1-10-6-4-5-7-12(10)19(15,16)14-8-11-9-17-13(2,3)18-11/h4-7,11,14H,8-9H2,1-3H3. The maximum Gasteiger partial charge on any atom is 0.240 e. The van der Waals surface area contributed by atoms with E-state index in [9.17, 15) is 8.42 Å². The van der Waals surface area contributed by atoms with Gasteiger partial charge in [0.25, 0.3) is 0 Å². The Morgan fingerprint density at radius 3 is 2.63 bits per heavy atom. The van der Waals surface area contributed by atoms with Gasteiger partial charge >= 0.3 is 0 Å². The third-order valence-corrected chi connectivity index (χ3v) is 4.54. The maximum atomic E-state index is 12.2. The van der Waals surface area contributed by atoms with Crippen molar-refractivity contribution in [2.75, 3.05) is 13.2 Å². The summed E-state index contributed by atoms with van der Waals surface area (Å²) in [4.78, 5) is 0.299. The smallest absolute Gasteiger partial charge is 0.240 e. The number of rotatable bonds is 4. The number of benzene rings is 1. The van der Waals surface area contributed by atoms with Crippen LogP contribution in [0.3, 0.4) is 0 Å². The molecule has 0 aromatic heterocycles. The van der Waals surface area contributed by atoms with Crippen molar-refractivity contribution in [2.24, 2.45) is 0 Å². The quantitative estimate of drug-likeness (QED) is 0.909. The van der Waals surface area contributed by atoms with Crippen LogP contribution in [0.25, 0.3) is 0 Å². The summed E-state index contributed by atoms with van der Waals surface area (Å²) in [7, 11) is -3.50. The van der Waals surface area contributed by atoms with Crippen molar-refractivity contribution in [1.82, 2.24) is 4.72 Å². The van der Waals surface area contributed by atoms with Gasteiger partial charge in [-0.25, -0.2) is 13.1 Å². The molecule has 1 aliphatic heterocycles. The van der Waals surface area contributed by atoms with Gasteiger partial charge in [-0.3, -0.25) is 0 Å². The van der Waals surface area contributed by atoms with Gasteiger partial charge in [-0.05, 0) is 32.4 Å². The summed E-state index contributed by atoms with van der Waals surface area (Å²) in [5.41, 5.74) is 0.721. The first-order valence-electron chi connectivity index (χ1n) is 6.17. The highest BCUT2D eigenvalue weighted by Gasteiger charge is 2.33. The van der Waals surface area contributed by atoms with E-state index in [2.05, 4.69) is 4.72 Å². The van der Waals surface area contributed by atoms with Gasteiger partial charge in [0.05, 0.1) is 17.6 Å². The Kier molecular flexibility index (Phi) is 3.96. The molecule has 5 nitrogen and oxygen atoms in total. The summed E-state index contributed by atoms with van der Waals surface area (Å²) in [5.74, 6) is -0.640. The van der Waals surface area contributed by atoms with Crippen molar-refractivity contribution in [3.63, 3.8) is 0 Å². The van der Waals surface area contributed by atoms with Crippen molar-refractivity contribution in [1.29, 1.82) is 0 Å². The Bertz CT molecular complexity index is 554. The minimum atomic E-state index is -3.50. The lowest BCUT2D eigenvalue weighted by Gasteiger charge is -2.17. The van der Waals surface area contributed by atoms with Crippen molar-refractivity contribution in [3.8, 4) is 0 Å². The topological polar surface area (TPSA) is 64.6 Å². The molecular weight excluding hydrogens is 266 g/mol. The van der Waals surface area contributed by atoms with E-state index in [1.807, 2.05) is 19.9 Å². The second kappa shape index (κ2) is 5.20. The number of sulfonamides is 1. The van der Waals surface area contributed by atoms with E-state index in [4.69, 9.17) is 9.47 Å². The molecule has 1 N–H and O–H groups in total. The average Bonchev–Trinajstić information content (AvgIpc) is 2.67. The first kappa shape index (κ1) is 14.5. The minimum Gasteiger partial charge on any atom is -0.348 e. The summed E-state index contributed by atoms with van der Waals surface area (Å²) < 4.78 is 37.8. The third-order valence-electron chi connectivity index (χ3n) is 2.95. The van der Waals surface area contributed by atoms with Gasteiger partial charge in [-0.1, -0.05) is 18.2 Å². The van der Waals surface area contributed by atoms with Crippen molar-refractivity contribution >= 4 is 10.0 Å². The second-order valence-corrected chi connectivity index (χ2v) is 6.80. The Morgan fingerprint density at radius 1 is 1.37 bits per heavy atom. The molecule has 0 saturated carbocycles. The molecule has 0 aliphatic carbocycles. The molecule has 6 heteroatoms. The fourth-order valence-corrected chi connectivity index (χ4v) is 3.31. The SMILES string of the molecule is Cc1ccccc1S(=O)(=O)NCC1COC(C)(C)O1. The van der Waals surface area contributed by atoms with Crippen molar-refractivity contribution < 1.29 is 17.9 Å². The number of hydrogen-bond donors (Lipinski definition) is 1. The van der Waals surface area contributed by atoms with Crippen LogP contribution in [0.1, 0.15) is 19.4 Å². The van der Waals surface area contributed by atoms with Crippen LogP contribution in [0.15, 0.2) is 29.2 Å². The molecule has 0 radical (unpaired) electrons. The van der Waals surface area contributed by atoms with Crippen LogP contribution in [-0.4, -0.2) is 33.5 Å². The van der Waals surface area contributed by atoms with Gasteiger partial charge in [-0.15, -0.1) is 0 Å². The average molecular weight is 285 g/mol. The van der Waals surface area contributed by atoms with Crippen LogP contribution in [-0.2, 0) is 19.5 Å². The van der Waals surface area contributed by atoms with Crippen LogP contribution < -0.4 is 4.72 Å². The van der Waals surface area contributed by atoms with E-state index in [0.29, 0.717) is 11.5 Å². The summed E-state index contributed by atoms with van der Waals surface area (Å²) in [5, 5.41) is 0. The zero-order valence-electron chi connectivity index (χ0n) is 11.3. The highest BCUT2D eigenvalue weighted by atomic mass is 32.2. The zero-order chi connectivity index (χ0) is 14.1. The predicted octanol–water partition coefficient (Wildman–Crippen LogP) is 1.42. The van der Waals surface area contributed by atoms with Crippen LogP contribution in [0, 0.1) is 6.92 Å². The largest absolute Gasteiger partial charge is 0.348 e. The lowest BCUT2D eigenvalue weighted by atomic mass is 10.2. The Morgan fingerprint density at radius 2 is 2.05 bits per heavy atom. The van der Waals surface area contributed by atoms with Gasteiger partial charge in [0.1, 0.15) is 0 Å². The number of aryl methyl sites for hydroxylation is 1. The number of nitrogens with one attached hydrogen (secondary N) is 1. The Hall–Kier alpha value is -0.950. The number of ether oxygens (including phenoxy) is 2. The molecule has 1 unspecified atom stereocenters. The van der Waals surface area contributed by atoms with Crippen molar-refractivity contribution in [2.45, 2.75) is 37.6 Å². The lowest BCUT2D eigenvalue weighted by Crippen LogP contribution is -2.34. The highest BCUT2D eigenvalue weighted by Crippen LogP contribution is 2.22. The van der Waals surface area contributed by atoms with Crippen LogP contribution in [0.2, 0.25) is 0 Å². The molecule has 2 rings (SSSR count). The van der Waals surface area contributed by atoms with Gasteiger partial charge in [0, 0.05) is 6.54 Å². The van der Waals surface area contributed by atoms with Crippen LogP contribution in [0.5, 0.6) is 0 Å². The molecule has 1 atom stereocenters. The van der Waals surface area contributed by atoms with Gasteiger partial charge < -0.3 is 9.47 Å². The first-order valence-corrected chi connectivity index (χ1v) is 7.65. The van der Waals surface area contributed by atoms with Crippen molar-refractivity contribution in [3.05, 3.63) is 29.8 Å². The third kappa shape index (κ3) is 3.54. The van der Waals surface area contributed by atoms with Gasteiger partial charge in [0.2, 0.25) is 10.0 Å². The molecule has 0 amide bonds. The Labute approximate surface area is 114 Å². The van der Waals surface area contributed by atoms with Crippen LogP contribution in [0.4, 0.5) is 0 Å². The molecule has 1 saturated heterocycles. The fourth-order valence-electron chi connectivity index (χ4n) is 2.00. The molecule has 0 bridgehead atoms. The molecular formula is C13H19NO4S. The van der Waals surface area contributed by atoms with Crippen LogP contribution >= 0.6 is 0 Å². The predicted molar refractivity (Wildman–Crippen MR) is 71.3 cm³/mol. The molecule has 19 heavy (non-hydrogen) atoms. The van der Waals surface area contributed by atoms with E-state index < -0.39 is 15.8 Å². The van der Waals surface area contributed by atoms with E-state index in [-0.39, 0.29) is 12.6 Å². The monoisotopic (exact) mass is 285 g/mol. The summed E-state index contributed by atoms with van der Waals surface area (Å²) in [6.07, 6.45) is -0.256. The molecule has 1 fully saturated rings. The molecule has 1 aromatic carbocycles. The normalized spacial score (nSPS) is 22.6. The van der Waals surface area contributed by atoms with E-state index in [0.717, 1.165) is 5.56 Å². The molecule has 0 spiro atoms. The summed E-state index contributed by atoms with van der Waals surface area (Å²) in [6.45, 7) is 5.99. The Balaban J connectivity index is 2.02. The van der Waals surface area contributed by atoms with Gasteiger partial charge in [-0.2, -0.15) is 0 Å². The summed E-state index contributed by atoms with van der Waals surface area (Å²) >= 11 is 0. The number of hydrogen-bond acceptors (Lipinski definition) is 4. The fraction of sp³-hybridized carbons (Fsp3) is 0.538. The molecule has 106 valence electrons. The second-order valence-electron chi connectivity index (χ2n) is 5.07. The van der Waals surface area contributed by atoms with E-state index >= 15 is 0 Å². The highest BCUT2D eigenvalue weighted by molar-refractivity contribution is 7.89. The lowest BCUT2D eigenvalue weighted by molar-refractivity contribution is -0.137. The van der Waals surface area contributed by atoms with Gasteiger partial charge in [0.15, 0.2) is 5.79 Å². The first-order chi connectivity index (χ1) is 8.80. The van der Waals surface area contributed by atoms with E-state index in [1.54, 1.807) is 25.1 Å². The minimum absolute atomic E-state index is 0.208. The summed E-state index contributed by atoms with van der Waals surface area (Å²) in [6, 6.07) is 6.88. The molecule has 1 aliphatic rings. The zero-order valence-corrected chi connectivity index (χ0v) is 12.2. The van der Waals surface area contributed by atoms with E-state index in [1.165, 1.54) is 0 Å². The molecule has 1 heterocycles.